The Bertz CT molecular complexity index is 1170. The molecule has 0 bridgehead atoms. The summed E-state index contributed by atoms with van der Waals surface area (Å²) in [5.41, 5.74) is -1.78. The third-order valence-corrected chi connectivity index (χ3v) is 4.49. The van der Waals surface area contributed by atoms with E-state index >= 15 is 0 Å². The van der Waals surface area contributed by atoms with Gasteiger partial charge in [-0.05, 0) is 42.0 Å². The Hall–Kier alpha value is -3.90. The van der Waals surface area contributed by atoms with E-state index in [1.807, 2.05) is 0 Å². The van der Waals surface area contributed by atoms with E-state index in [0.29, 0.717) is 21.7 Å². The summed E-state index contributed by atoms with van der Waals surface area (Å²) in [7, 11) is 0. The lowest BCUT2D eigenvalue weighted by Crippen LogP contribution is -2.26. The minimum Gasteiger partial charge on any atom is -0.454 e. The molecule has 0 atom stereocenters. The van der Waals surface area contributed by atoms with Crippen LogP contribution in [0.15, 0.2) is 48.7 Å². The molecule has 1 N–H and O–H groups in total. The number of benzene rings is 2. The summed E-state index contributed by atoms with van der Waals surface area (Å²) in [6, 6.07) is 8.40. The van der Waals surface area contributed by atoms with E-state index in [9.17, 15) is 31.1 Å². The molecular weight excluding hydrogens is 460 g/mol. The molecule has 0 unspecified atom stereocenters. The second-order valence-corrected chi connectivity index (χ2v) is 6.73. The van der Waals surface area contributed by atoms with E-state index in [1.165, 1.54) is 0 Å². The molecule has 0 saturated carbocycles. The molecule has 2 aromatic carbocycles. The van der Waals surface area contributed by atoms with Crippen molar-refractivity contribution in [2.24, 2.45) is 0 Å². The highest BCUT2D eigenvalue weighted by Gasteiger charge is 2.40. The molecule has 4 rings (SSSR count). The van der Waals surface area contributed by atoms with Crippen LogP contribution >= 0.6 is 0 Å². The summed E-state index contributed by atoms with van der Waals surface area (Å²) < 4.78 is 92.7. The number of alkyl halides is 6. The summed E-state index contributed by atoms with van der Waals surface area (Å²) >= 11 is 0. The monoisotopic (exact) mass is 473 g/mol. The molecule has 2 heterocycles. The van der Waals surface area contributed by atoms with Crippen LogP contribution in [0.2, 0.25) is 0 Å². The number of halogens is 6. The van der Waals surface area contributed by atoms with Crippen molar-refractivity contribution < 1.29 is 45.3 Å². The molecule has 13 heteroatoms. The van der Waals surface area contributed by atoms with E-state index in [2.05, 4.69) is 15.2 Å². The number of fused-ring (bicyclic) bond motifs is 1. The summed E-state index contributed by atoms with van der Waals surface area (Å²) in [5, 5.41) is 6.00. The van der Waals surface area contributed by atoms with Gasteiger partial charge < -0.3 is 19.5 Å². The molecule has 1 aliphatic rings. The molecule has 174 valence electrons. The average molecular weight is 473 g/mol. The first-order chi connectivity index (χ1) is 15.5. The molecule has 0 radical (unpaired) electrons. The van der Waals surface area contributed by atoms with Crippen molar-refractivity contribution in [3.63, 3.8) is 0 Å². The van der Waals surface area contributed by atoms with Gasteiger partial charge in [0.1, 0.15) is 5.75 Å². The average Bonchev–Trinajstić information content (AvgIpc) is 3.38. The van der Waals surface area contributed by atoms with Gasteiger partial charge in [0.15, 0.2) is 17.2 Å². The SMILES string of the molecule is O=C(NCc1ccc2c(c1)OCO2)c1cnn(-c2ccc(OC(F)(F)F)cc2)c1C(F)(F)F. The summed E-state index contributed by atoms with van der Waals surface area (Å²) in [6.07, 6.45) is -9.20. The Morgan fingerprint density at radius 2 is 1.73 bits per heavy atom. The van der Waals surface area contributed by atoms with E-state index in [1.54, 1.807) is 18.2 Å². The zero-order valence-electron chi connectivity index (χ0n) is 16.3. The summed E-state index contributed by atoms with van der Waals surface area (Å²) in [6.45, 7) is -0.0516. The molecule has 33 heavy (non-hydrogen) atoms. The minimum absolute atomic E-state index is 0.0442. The zero-order valence-corrected chi connectivity index (χ0v) is 16.3. The highest BCUT2D eigenvalue weighted by molar-refractivity contribution is 5.95. The van der Waals surface area contributed by atoms with Crippen LogP contribution < -0.4 is 19.5 Å². The van der Waals surface area contributed by atoms with Gasteiger partial charge in [0.2, 0.25) is 6.79 Å². The van der Waals surface area contributed by atoms with Crippen LogP contribution in [0.1, 0.15) is 21.6 Å². The molecular formula is C20H13F6N3O4. The maximum Gasteiger partial charge on any atom is 0.573 e. The molecule has 0 saturated heterocycles. The van der Waals surface area contributed by atoms with Crippen LogP contribution in [-0.2, 0) is 12.7 Å². The number of nitrogens with zero attached hydrogens (tertiary/aromatic N) is 2. The van der Waals surface area contributed by atoms with Crippen molar-refractivity contribution in [1.82, 2.24) is 15.1 Å². The highest BCUT2D eigenvalue weighted by atomic mass is 19.4. The second kappa shape index (κ2) is 8.22. The number of nitrogens with one attached hydrogen (secondary N) is 1. The molecule has 7 nitrogen and oxygen atoms in total. The zero-order chi connectivity index (χ0) is 23.8. The van der Waals surface area contributed by atoms with Crippen LogP contribution in [0, 0.1) is 0 Å². The number of hydrogen-bond acceptors (Lipinski definition) is 5. The predicted molar refractivity (Wildman–Crippen MR) is 99.0 cm³/mol. The Morgan fingerprint density at radius 3 is 2.39 bits per heavy atom. The lowest BCUT2D eigenvalue weighted by Gasteiger charge is -2.14. The highest BCUT2D eigenvalue weighted by Crippen LogP contribution is 2.35. The van der Waals surface area contributed by atoms with E-state index in [-0.39, 0.29) is 19.0 Å². The maximum absolute atomic E-state index is 13.8. The number of amides is 1. The molecule has 1 amide bonds. The van der Waals surface area contributed by atoms with Crippen molar-refractivity contribution in [2.75, 3.05) is 6.79 Å². The Labute approximate surface area is 181 Å². The lowest BCUT2D eigenvalue weighted by molar-refractivity contribution is -0.274. The van der Waals surface area contributed by atoms with E-state index in [4.69, 9.17) is 9.47 Å². The summed E-state index contributed by atoms with van der Waals surface area (Å²) in [4.78, 5) is 12.5. The number of ether oxygens (including phenoxy) is 3. The fourth-order valence-corrected chi connectivity index (χ4v) is 3.10. The van der Waals surface area contributed by atoms with Crippen LogP contribution in [0.25, 0.3) is 5.69 Å². The van der Waals surface area contributed by atoms with Crippen molar-refractivity contribution in [1.29, 1.82) is 0 Å². The minimum atomic E-state index is -4.98. The van der Waals surface area contributed by atoms with Crippen molar-refractivity contribution in [3.05, 3.63) is 65.5 Å². The largest absolute Gasteiger partial charge is 0.573 e. The van der Waals surface area contributed by atoms with E-state index < -0.39 is 35.5 Å². The number of hydrogen-bond donors (Lipinski definition) is 1. The van der Waals surface area contributed by atoms with Gasteiger partial charge in [-0.15, -0.1) is 13.2 Å². The van der Waals surface area contributed by atoms with Crippen molar-refractivity contribution in [2.45, 2.75) is 19.1 Å². The topological polar surface area (TPSA) is 74.6 Å². The Morgan fingerprint density at radius 1 is 1.03 bits per heavy atom. The Balaban J connectivity index is 1.56. The fraction of sp³-hybridized carbons (Fsp3) is 0.200. The van der Waals surface area contributed by atoms with Gasteiger partial charge in [-0.3, -0.25) is 4.79 Å². The Kier molecular flexibility index (Phi) is 5.56. The third-order valence-electron chi connectivity index (χ3n) is 4.49. The number of rotatable bonds is 5. The van der Waals surface area contributed by atoms with Gasteiger partial charge in [-0.1, -0.05) is 6.07 Å². The molecule has 0 spiro atoms. The van der Waals surface area contributed by atoms with Gasteiger partial charge in [0.25, 0.3) is 5.91 Å². The second-order valence-electron chi connectivity index (χ2n) is 6.73. The van der Waals surface area contributed by atoms with Gasteiger partial charge in [0.05, 0.1) is 17.4 Å². The van der Waals surface area contributed by atoms with Crippen LogP contribution in [-0.4, -0.2) is 28.8 Å². The first-order valence-electron chi connectivity index (χ1n) is 9.19. The molecule has 0 aliphatic carbocycles. The predicted octanol–water partition coefficient (Wildman–Crippen LogP) is 4.45. The van der Waals surface area contributed by atoms with Gasteiger partial charge >= 0.3 is 12.5 Å². The quantitative estimate of drug-likeness (QED) is 0.555. The van der Waals surface area contributed by atoms with Gasteiger partial charge in [-0.2, -0.15) is 18.3 Å². The first kappa shape index (κ1) is 22.3. The van der Waals surface area contributed by atoms with E-state index in [0.717, 1.165) is 30.5 Å². The third kappa shape index (κ3) is 4.96. The van der Waals surface area contributed by atoms with Crippen LogP contribution in [0.5, 0.6) is 17.2 Å². The smallest absolute Gasteiger partial charge is 0.454 e. The number of carbonyl (C=O) groups is 1. The normalized spacial score (nSPS) is 13.2. The van der Waals surface area contributed by atoms with Gasteiger partial charge in [-0.25, -0.2) is 4.68 Å². The van der Waals surface area contributed by atoms with Crippen molar-refractivity contribution >= 4 is 5.91 Å². The number of carbonyl (C=O) groups excluding carboxylic acids is 1. The van der Waals surface area contributed by atoms with Crippen LogP contribution in [0.4, 0.5) is 26.3 Å². The standard InChI is InChI=1S/C20H13F6N3O4/c21-19(22,23)17-14(18(30)27-8-11-1-6-15-16(7-11)32-10-31-15)9-28-29(17)12-2-4-13(5-3-12)33-20(24,25)26/h1-7,9H,8,10H2,(H,27,30). The van der Waals surface area contributed by atoms with Crippen molar-refractivity contribution in [3.8, 4) is 22.9 Å². The first-order valence-corrected chi connectivity index (χ1v) is 9.19. The summed E-state index contributed by atoms with van der Waals surface area (Å²) in [5.74, 6) is -0.696. The van der Waals surface area contributed by atoms with Crippen LogP contribution in [0.3, 0.4) is 0 Å². The van der Waals surface area contributed by atoms with Gasteiger partial charge in [0, 0.05) is 6.54 Å². The fourth-order valence-electron chi connectivity index (χ4n) is 3.10. The molecule has 3 aromatic rings. The lowest BCUT2D eigenvalue weighted by atomic mass is 10.1. The maximum atomic E-state index is 13.8. The molecule has 0 fully saturated rings. The molecule has 1 aromatic heterocycles. The number of aromatic nitrogens is 2. The molecule has 1 aliphatic heterocycles.